The van der Waals surface area contributed by atoms with Gasteiger partial charge in [0.2, 0.25) is 0 Å². The maximum atomic E-state index is 13.1. The van der Waals surface area contributed by atoms with E-state index in [1.807, 2.05) is 62.3 Å². The average molecular weight is 498 g/mol. The van der Waals surface area contributed by atoms with E-state index in [0.717, 1.165) is 17.6 Å². The number of ether oxygens (including phenoxy) is 2. The number of nitrogens with one attached hydrogen (secondary N) is 1. The number of rotatable bonds is 12. The number of hydrogen-bond acceptors (Lipinski definition) is 5. The molecule has 6 nitrogen and oxygen atoms in total. The van der Waals surface area contributed by atoms with Crippen LogP contribution in [0.3, 0.4) is 0 Å². The Hall–Kier alpha value is -1.56. The van der Waals surface area contributed by atoms with Gasteiger partial charge < -0.3 is 19.9 Å². The van der Waals surface area contributed by atoms with Gasteiger partial charge in [-0.1, -0.05) is 60.5 Å². The van der Waals surface area contributed by atoms with Gasteiger partial charge in [-0.3, -0.25) is 4.79 Å². The molecule has 0 aromatic rings. The van der Waals surface area contributed by atoms with Crippen molar-refractivity contribution < 1.29 is 24.2 Å². The number of carbonyl (C=O) groups excluding carboxylic acids is 2. The molecule has 1 amide bonds. The number of amides is 1. The molecule has 6 atom stereocenters. The third-order valence-electron chi connectivity index (χ3n) is 7.73. The van der Waals surface area contributed by atoms with Crippen molar-refractivity contribution in [3.05, 3.63) is 11.1 Å². The Morgan fingerprint density at radius 2 is 1.40 bits per heavy atom. The van der Waals surface area contributed by atoms with Crippen LogP contribution in [-0.4, -0.2) is 41.0 Å². The lowest BCUT2D eigenvalue weighted by molar-refractivity contribution is -0.152. The van der Waals surface area contributed by atoms with E-state index < -0.39 is 35.9 Å². The van der Waals surface area contributed by atoms with Crippen LogP contribution in [0.1, 0.15) is 110 Å². The summed E-state index contributed by atoms with van der Waals surface area (Å²) in [5, 5.41) is 14.0. The highest BCUT2D eigenvalue weighted by atomic mass is 16.6. The molecular formula is C29H55NO5. The highest BCUT2D eigenvalue weighted by Gasteiger charge is 2.37. The van der Waals surface area contributed by atoms with Crippen LogP contribution in [-0.2, 0) is 14.3 Å². The summed E-state index contributed by atoms with van der Waals surface area (Å²) in [5.74, 6) is -0.311. The molecule has 0 aliphatic carbocycles. The average Bonchev–Trinajstić information content (AvgIpc) is 2.73. The van der Waals surface area contributed by atoms with Crippen molar-refractivity contribution in [3.8, 4) is 0 Å². The topological polar surface area (TPSA) is 84.9 Å². The van der Waals surface area contributed by atoms with Crippen LogP contribution >= 0.6 is 0 Å². The van der Waals surface area contributed by atoms with Gasteiger partial charge in [0.25, 0.3) is 0 Å². The molecule has 35 heavy (non-hydrogen) atoms. The summed E-state index contributed by atoms with van der Waals surface area (Å²) in [5.41, 5.74) is 1.13. The fourth-order valence-corrected chi connectivity index (χ4v) is 4.27. The molecule has 0 saturated carbocycles. The van der Waals surface area contributed by atoms with E-state index in [1.54, 1.807) is 6.92 Å². The lowest BCUT2D eigenvalue weighted by Gasteiger charge is -2.40. The summed E-state index contributed by atoms with van der Waals surface area (Å²) in [6.45, 7) is 27.7. The van der Waals surface area contributed by atoms with Gasteiger partial charge in [-0.15, -0.1) is 0 Å². The van der Waals surface area contributed by atoms with E-state index in [4.69, 9.17) is 9.47 Å². The number of alkyl carbamates (subject to hydrolysis) is 1. The van der Waals surface area contributed by atoms with Crippen molar-refractivity contribution in [2.24, 2.45) is 29.1 Å². The molecular weight excluding hydrogens is 442 g/mol. The van der Waals surface area contributed by atoms with Crippen LogP contribution in [0.2, 0.25) is 0 Å². The van der Waals surface area contributed by atoms with Crippen molar-refractivity contribution in [2.45, 2.75) is 134 Å². The highest BCUT2D eigenvalue weighted by molar-refractivity contribution is 5.75. The molecule has 0 spiro atoms. The first kappa shape index (κ1) is 33.4. The Morgan fingerprint density at radius 1 is 0.886 bits per heavy atom. The first-order valence-electron chi connectivity index (χ1n) is 13.3. The van der Waals surface area contributed by atoms with Crippen molar-refractivity contribution in [1.82, 2.24) is 5.32 Å². The minimum atomic E-state index is -0.616. The maximum absolute atomic E-state index is 13.1. The van der Waals surface area contributed by atoms with E-state index >= 15 is 0 Å². The standard InChI is InChI=1S/C29H55NO5/c1-15-18(4)29(13,14)25(31)21(7)19(5)20(6)23(9)34-26(32)22(8)24(16-17(2)3)30-27(33)35-28(10,11)12/h17-18,21-25,31H,15-16H2,1-14H3,(H,30,33)/b20-19+/t18-,21-,22?,23?,24-,25-/m0/s1. The van der Waals surface area contributed by atoms with E-state index in [1.165, 1.54) is 0 Å². The molecule has 0 aromatic heterocycles. The number of esters is 1. The fourth-order valence-electron chi connectivity index (χ4n) is 4.27. The molecule has 0 saturated heterocycles. The molecule has 0 heterocycles. The van der Waals surface area contributed by atoms with Crippen LogP contribution in [0.5, 0.6) is 0 Å². The molecule has 206 valence electrons. The van der Waals surface area contributed by atoms with Gasteiger partial charge in [0.05, 0.1) is 12.0 Å². The first-order chi connectivity index (χ1) is 15.8. The molecule has 0 aliphatic heterocycles. The minimum absolute atomic E-state index is 0.0694. The zero-order valence-electron chi connectivity index (χ0n) is 25.0. The predicted octanol–water partition coefficient (Wildman–Crippen LogP) is 6.90. The first-order valence-corrected chi connectivity index (χ1v) is 13.3. The molecule has 2 N–H and O–H groups in total. The molecule has 0 fully saturated rings. The Labute approximate surface area is 215 Å². The van der Waals surface area contributed by atoms with Crippen molar-refractivity contribution >= 4 is 12.1 Å². The molecule has 6 heteroatoms. The predicted molar refractivity (Wildman–Crippen MR) is 144 cm³/mol. The monoisotopic (exact) mass is 497 g/mol. The number of aliphatic hydroxyl groups excluding tert-OH is 1. The Morgan fingerprint density at radius 3 is 1.83 bits per heavy atom. The van der Waals surface area contributed by atoms with E-state index in [2.05, 4.69) is 33.0 Å². The molecule has 0 bridgehead atoms. The second kappa shape index (κ2) is 13.7. The minimum Gasteiger partial charge on any atom is -0.458 e. The molecule has 0 rings (SSSR count). The second-order valence-corrected chi connectivity index (χ2v) is 12.5. The van der Waals surface area contributed by atoms with Gasteiger partial charge in [0.1, 0.15) is 11.7 Å². The Bertz CT molecular complexity index is 719. The van der Waals surface area contributed by atoms with Crippen molar-refractivity contribution in [2.75, 3.05) is 0 Å². The Kier molecular flexibility index (Phi) is 13.1. The van der Waals surface area contributed by atoms with E-state index in [-0.39, 0.29) is 23.2 Å². The van der Waals surface area contributed by atoms with Gasteiger partial charge in [-0.2, -0.15) is 0 Å². The largest absolute Gasteiger partial charge is 0.458 e. The lowest BCUT2D eigenvalue weighted by Crippen LogP contribution is -2.46. The summed E-state index contributed by atoms with van der Waals surface area (Å²) in [6.07, 6.45) is 0.148. The zero-order chi connectivity index (χ0) is 27.9. The molecule has 0 radical (unpaired) electrons. The lowest BCUT2D eigenvalue weighted by atomic mass is 9.69. The second-order valence-electron chi connectivity index (χ2n) is 12.5. The van der Waals surface area contributed by atoms with E-state index in [9.17, 15) is 14.7 Å². The SMILES string of the molecule is CC[C@H](C)C(C)(C)[C@@H](O)[C@@H](C)/C(C)=C(\C)C(C)OC(=O)C(C)[C@H](CC(C)C)NC(=O)OC(C)(C)C. The third kappa shape index (κ3) is 10.5. The summed E-state index contributed by atoms with van der Waals surface area (Å²) in [6, 6.07) is -0.396. The molecule has 0 aliphatic rings. The summed E-state index contributed by atoms with van der Waals surface area (Å²) >= 11 is 0. The zero-order valence-corrected chi connectivity index (χ0v) is 25.0. The van der Waals surface area contributed by atoms with Crippen molar-refractivity contribution in [1.29, 1.82) is 0 Å². The quantitative estimate of drug-likeness (QED) is 0.226. The van der Waals surface area contributed by atoms with Gasteiger partial charge in [-0.25, -0.2) is 4.79 Å². The van der Waals surface area contributed by atoms with E-state index in [0.29, 0.717) is 12.3 Å². The summed E-state index contributed by atoms with van der Waals surface area (Å²) in [4.78, 5) is 25.4. The van der Waals surface area contributed by atoms with Crippen LogP contribution in [0.4, 0.5) is 4.79 Å². The van der Waals surface area contributed by atoms with Crippen LogP contribution in [0.25, 0.3) is 0 Å². The van der Waals surface area contributed by atoms with Gasteiger partial charge in [0, 0.05) is 12.0 Å². The summed E-state index contributed by atoms with van der Waals surface area (Å²) < 4.78 is 11.3. The highest BCUT2D eigenvalue weighted by Crippen LogP contribution is 2.38. The molecule has 2 unspecified atom stereocenters. The van der Waals surface area contributed by atoms with Crippen molar-refractivity contribution in [3.63, 3.8) is 0 Å². The van der Waals surface area contributed by atoms with Gasteiger partial charge in [0.15, 0.2) is 0 Å². The van der Waals surface area contributed by atoms with Crippen LogP contribution in [0.15, 0.2) is 11.1 Å². The smallest absolute Gasteiger partial charge is 0.407 e. The number of hydrogen-bond donors (Lipinski definition) is 2. The van der Waals surface area contributed by atoms with Gasteiger partial charge in [-0.05, 0) is 77.7 Å². The third-order valence-corrected chi connectivity index (χ3v) is 7.73. The summed E-state index contributed by atoms with van der Waals surface area (Å²) in [7, 11) is 0. The fraction of sp³-hybridized carbons (Fsp3) is 0.862. The van der Waals surface area contributed by atoms with Crippen LogP contribution in [0, 0.1) is 29.1 Å². The number of carbonyl (C=O) groups is 2. The number of aliphatic hydroxyl groups is 1. The van der Waals surface area contributed by atoms with Crippen LogP contribution < -0.4 is 5.32 Å². The normalized spacial score (nSPS) is 18.6. The Balaban J connectivity index is 5.52. The molecule has 0 aromatic carbocycles. The maximum Gasteiger partial charge on any atom is 0.407 e. The van der Waals surface area contributed by atoms with Gasteiger partial charge >= 0.3 is 12.1 Å².